The Morgan fingerprint density at radius 3 is 2.57 bits per heavy atom. The molecule has 1 atom stereocenters. The van der Waals surface area contributed by atoms with Crippen LogP contribution in [0.1, 0.15) is 24.0 Å². The fourth-order valence-corrected chi connectivity index (χ4v) is 2.76. The molecular formula is C15H20F3NO2. The van der Waals surface area contributed by atoms with Crippen LogP contribution in [0.15, 0.2) is 24.3 Å². The molecule has 1 aliphatic rings. The highest BCUT2D eigenvalue weighted by atomic mass is 19.4. The van der Waals surface area contributed by atoms with Gasteiger partial charge in [-0.3, -0.25) is 0 Å². The summed E-state index contributed by atoms with van der Waals surface area (Å²) in [7, 11) is 1.59. The van der Waals surface area contributed by atoms with Gasteiger partial charge in [0.2, 0.25) is 0 Å². The number of alkyl halides is 3. The first-order valence-corrected chi connectivity index (χ1v) is 6.92. The summed E-state index contributed by atoms with van der Waals surface area (Å²) in [5.41, 5.74) is 5.62. The molecule has 3 nitrogen and oxygen atoms in total. The molecular weight excluding hydrogens is 283 g/mol. The van der Waals surface area contributed by atoms with Crippen LogP contribution < -0.4 is 5.73 Å². The highest BCUT2D eigenvalue weighted by molar-refractivity contribution is 5.26. The zero-order chi connectivity index (χ0) is 15.5. The number of ether oxygens (including phenoxy) is 2. The Kier molecular flexibility index (Phi) is 4.91. The van der Waals surface area contributed by atoms with E-state index in [9.17, 15) is 13.2 Å². The molecule has 0 aromatic heterocycles. The van der Waals surface area contributed by atoms with Gasteiger partial charge < -0.3 is 15.2 Å². The summed E-state index contributed by atoms with van der Waals surface area (Å²) < 4.78 is 49.1. The lowest BCUT2D eigenvalue weighted by molar-refractivity contribution is -0.137. The predicted molar refractivity (Wildman–Crippen MR) is 72.9 cm³/mol. The third-order valence-electron chi connectivity index (χ3n) is 4.13. The van der Waals surface area contributed by atoms with Gasteiger partial charge in [-0.15, -0.1) is 0 Å². The topological polar surface area (TPSA) is 44.5 Å². The van der Waals surface area contributed by atoms with Gasteiger partial charge in [0, 0.05) is 39.2 Å². The van der Waals surface area contributed by atoms with Gasteiger partial charge in [0.25, 0.3) is 0 Å². The Bertz CT molecular complexity index is 470. The van der Waals surface area contributed by atoms with Crippen LogP contribution in [-0.2, 0) is 22.1 Å². The van der Waals surface area contributed by atoms with Gasteiger partial charge in [0.1, 0.15) is 0 Å². The van der Waals surface area contributed by atoms with Crippen LogP contribution in [0.2, 0.25) is 0 Å². The summed E-state index contributed by atoms with van der Waals surface area (Å²) in [5, 5.41) is 0. The molecule has 0 bridgehead atoms. The van der Waals surface area contributed by atoms with Gasteiger partial charge in [-0.05, 0) is 18.1 Å². The molecule has 1 aliphatic heterocycles. The normalized spacial score (nSPS) is 20.2. The van der Waals surface area contributed by atoms with Crippen LogP contribution in [0, 0.1) is 0 Å². The van der Waals surface area contributed by atoms with Crippen molar-refractivity contribution < 1.29 is 22.6 Å². The van der Waals surface area contributed by atoms with Gasteiger partial charge >= 0.3 is 6.18 Å². The Morgan fingerprint density at radius 1 is 1.33 bits per heavy atom. The predicted octanol–water partition coefficient (Wildman–Crippen LogP) is 2.77. The molecule has 0 amide bonds. The summed E-state index contributed by atoms with van der Waals surface area (Å²) >= 11 is 0. The zero-order valence-corrected chi connectivity index (χ0v) is 12.0. The van der Waals surface area contributed by atoms with E-state index in [0.717, 1.165) is 12.1 Å². The SMILES string of the molecule is COC1(C(N)Cc2cccc(C(F)(F)F)c2)CCOCC1. The highest BCUT2D eigenvalue weighted by Gasteiger charge is 2.39. The molecule has 6 heteroatoms. The van der Waals surface area contributed by atoms with Gasteiger partial charge in [-0.2, -0.15) is 13.2 Å². The van der Waals surface area contributed by atoms with Crippen LogP contribution in [0.4, 0.5) is 13.2 Å². The number of hydrogen-bond donors (Lipinski definition) is 1. The minimum absolute atomic E-state index is 0.345. The lowest BCUT2D eigenvalue weighted by Crippen LogP contribution is -2.53. The largest absolute Gasteiger partial charge is 0.416 e. The number of benzene rings is 1. The van der Waals surface area contributed by atoms with Crippen molar-refractivity contribution in [3.63, 3.8) is 0 Å². The molecule has 2 N–H and O–H groups in total. The smallest absolute Gasteiger partial charge is 0.381 e. The summed E-state index contributed by atoms with van der Waals surface area (Å²) in [6.45, 7) is 1.12. The first-order chi connectivity index (χ1) is 9.87. The molecule has 1 fully saturated rings. The van der Waals surface area contributed by atoms with Gasteiger partial charge in [0.15, 0.2) is 0 Å². The van der Waals surface area contributed by atoms with Crippen molar-refractivity contribution in [2.24, 2.45) is 5.73 Å². The molecule has 118 valence electrons. The number of hydrogen-bond acceptors (Lipinski definition) is 3. The van der Waals surface area contributed by atoms with Crippen molar-refractivity contribution >= 4 is 0 Å². The van der Waals surface area contributed by atoms with Crippen LogP contribution in [0.25, 0.3) is 0 Å². The second kappa shape index (κ2) is 6.34. The van der Waals surface area contributed by atoms with Crippen LogP contribution in [-0.4, -0.2) is 32.0 Å². The summed E-state index contributed by atoms with van der Waals surface area (Å²) in [6.07, 6.45) is -2.68. The third kappa shape index (κ3) is 3.75. The Balaban J connectivity index is 2.13. The molecule has 0 aliphatic carbocycles. The molecule has 1 heterocycles. The zero-order valence-electron chi connectivity index (χ0n) is 12.0. The molecule has 1 aromatic carbocycles. The van der Waals surface area contributed by atoms with Gasteiger partial charge in [0.05, 0.1) is 11.2 Å². The standard InChI is InChI=1S/C15H20F3NO2/c1-20-14(5-7-21-8-6-14)13(19)10-11-3-2-4-12(9-11)15(16,17)18/h2-4,9,13H,5-8,10,19H2,1H3. The fourth-order valence-electron chi connectivity index (χ4n) is 2.76. The minimum Gasteiger partial charge on any atom is -0.381 e. The van der Waals surface area contributed by atoms with E-state index in [4.69, 9.17) is 15.2 Å². The van der Waals surface area contributed by atoms with Crippen LogP contribution >= 0.6 is 0 Å². The lowest BCUT2D eigenvalue weighted by atomic mass is 9.83. The fraction of sp³-hybridized carbons (Fsp3) is 0.600. The molecule has 1 unspecified atom stereocenters. The maximum absolute atomic E-state index is 12.7. The van der Waals surface area contributed by atoms with E-state index in [-0.39, 0.29) is 6.04 Å². The maximum Gasteiger partial charge on any atom is 0.416 e. The molecule has 0 spiro atoms. The van der Waals surface area contributed by atoms with E-state index in [0.29, 0.717) is 38.0 Å². The van der Waals surface area contributed by atoms with Gasteiger partial charge in [-0.1, -0.05) is 18.2 Å². The Labute approximate surface area is 122 Å². The van der Waals surface area contributed by atoms with E-state index in [2.05, 4.69) is 0 Å². The molecule has 0 saturated carbocycles. The quantitative estimate of drug-likeness (QED) is 0.930. The van der Waals surface area contributed by atoms with Gasteiger partial charge in [-0.25, -0.2) is 0 Å². The second-order valence-corrected chi connectivity index (χ2v) is 5.39. The molecule has 0 radical (unpaired) electrons. The minimum atomic E-state index is -4.34. The van der Waals surface area contributed by atoms with Crippen molar-refractivity contribution in [1.82, 2.24) is 0 Å². The Morgan fingerprint density at radius 2 is 2.00 bits per heavy atom. The van der Waals surface area contributed by atoms with E-state index < -0.39 is 17.3 Å². The van der Waals surface area contributed by atoms with E-state index in [1.165, 1.54) is 6.07 Å². The third-order valence-corrected chi connectivity index (χ3v) is 4.13. The number of halogens is 3. The molecule has 2 rings (SSSR count). The monoisotopic (exact) mass is 303 g/mol. The van der Waals surface area contributed by atoms with E-state index >= 15 is 0 Å². The average molecular weight is 303 g/mol. The first kappa shape index (κ1) is 16.3. The number of methoxy groups -OCH3 is 1. The van der Waals surface area contributed by atoms with Crippen molar-refractivity contribution in [2.75, 3.05) is 20.3 Å². The summed E-state index contributed by atoms with van der Waals surface area (Å²) in [4.78, 5) is 0. The molecule has 21 heavy (non-hydrogen) atoms. The Hall–Kier alpha value is -1.11. The maximum atomic E-state index is 12.7. The van der Waals surface area contributed by atoms with Crippen LogP contribution in [0.3, 0.4) is 0 Å². The van der Waals surface area contributed by atoms with Crippen molar-refractivity contribution in [1.29, 1.82) is 0 Å². The number of nitrogens with two attached hydrogens (primary N) is 1. The number of rotatable bonds is 4. The van der Waals surface area contributed by atoms with E-state index in [1.54, 1.807) is 13.2 Å². The highest BCUT2D eigenvalue weighted by Crippen LogP contribution is 2.32. The lowest BCUT2D eigenvalue weighted by Gasteiger charge is -2.40. The summed E-state index contributed by atoms with van der Waals surface area (Å²) in [6, 6.07) is 4.93. The second-order valence-electron chi connectivity index (χ2n) is 5.39. The van der Waals surface area contributed by atoms with Crippen LogP contribution in [0.5, 0.6) is 0 Å². The van der Waals surface area contributed by atoms with Crippen molar-refractivity contribution in [3.05, 3.63) is 35.4 Å². The summed E-state index contributed by atoms with van der Waals surface area (Å²) in [5.74, 6) is 0. The average Bonchev–Trinajstić information content (AvgIpc) is 2.47. The van der Waals surface area contributed by atoms with Crippen molar-refractivity contribution in [3.8, 4) is 0 Å². The van der Waals surface area contributed by atoms with E-state index in [1.807, 2.05) is 0 Å². The molecule has 1 aromatic rings. The van der Waals surface area contributed by atoms with Crippen molar-refractivity contribution in [2.45, 2.75) is 37.1 Å². The first-order valence-electron chi connectivity index (χ1n) is 6.92. The molecule has 1 saturated heterocycles.